The quantitative estimate of drug-likeness (QED) is 0.756. The van der Waals surface area contributed by atoms with Gasteiger partial charge in [-0.2, -0.15) is 23.5 Å². The van der Waals surface area contributed by atoms with Gasteiger partial charge in [0.05, 0.1) is 0 Å². The van der Waals surface area contributed by atoms with Gasteiger partial charge in [-0.05, 0) is 39.4 Å². The highest BCUT2D eigenvalue weighted by atomic mass is 32.2. The standard InChI is InChI=1S/C14H28N2S2/c1-16(14-5-2-3-6-14)8-4-7-15-13-11-17-9-10-18-12-13/h13-15H,2-12H2,1H3. The van der Waals surface area contributed by atoms with Gasteiger partial charge < -0.3 is 10.2 Å². The third-order valence-corrected chi connectivity index (χ3v) is 6.60. The first-order valence-electron chi connectivity index (χ1n) is 7.45. The Morgan fingerprint density at radius 3 is 2.44 bits per heavy atom. The van der Waals surface area contributed by atoms with Crippen molar-refractivity contribution in [1.82, 2.24) is 10.2 Å². The monoisotopic (exact) mass is 288 g/mol. The lowest BCUT2D eigenvalue weighted by atomic mass is 10.2. The maximum Gasteiger partial charge on any atom is 0.0248 e. The van der Waals surface area contributed by atoms with E-state index in [1.165, 1.54) is 68.2 Å². The van der Waals surface area contributed by atoms with Gasteiger partial charge in [-0.1, -0.05) is 12.8 Å². The molecule has 1 aliphatic carbocycles. The zero-order valence-electron chi connectivity index (χ0n) is 11.7. The van der Waals surface area contributed by atoms with E-state index in [9.17, 15) is 0 Å². The van der Waals surface area contributed by atoms with Crippen molar-refractivity contribution in [3.8, 4) is 0 Å². The van der Waals surface area contributed by atoms with Gasteiger partial charge in [0.2, 0.25) is 0 Å². The summed E-state index contributed by atoms with van der Waals surface area (Å²) in [6.07, 6.45) is 7.06. The lowest BCUT2D eigenvalue weighted by molar-refractivity contribution is 0.241. The second kappa shape index (κ2) is 8.72. The number of nitrogens with one attached hydrogen (secondary N) is 1. The number of thioether (sulfide) groups is 2. The van der Waals surface area contributed by atoms with Crippen LogP contribution in [0.25, 0.3) is 0 Å². The minimum Gasteiger partial charge on any atom is -0.312 e. The third kappa shape index (κ3) is 5.32. The van der Waals surface area contributed by atoms with Crippen molar-refractivity contribution in [2.45, 2.75) is 44.2 Å². The minimum absolute atomic E-state index is 0.749. The highest BCUT2D eigenvalue weighted by molar-refractivity contribution is 8.03. The Morgan fingerprint density at radius 2 is 1.78 bits per heavy atom. The van der Waals surface area contributed by atoms with Crippen molar-refractivity contribution in [3.63, 3.8) is 0 Å². The van der Waals surface area contributed by atoms with Crippen LogP contribution in [-0.4, -0.2) is 60.1 Å². The van der Waals surface area contributed by atoms with Gasteiger partial charge >= 0.3 is 0 Å². The molecule has 2 rings (SSSR count). The minimum atomic E-state index is 0.749. The van der Waals surface area contributed by atoms with Gasteiger partial charge in [0.1, 0.15) is 0 Å². The number of nitrogens with zero attached hydrogens (tertiary/aromatic N) is 1. The molecular formula is C14H28N2S2. The molecule has 0 atom stereocenters. The van der Waals surface area contributed by atoms with Gasteiger partial charge in [-0.25, -0.2) is 0 Å². The predicted octanol–water partition coefficient (Wildman–Crippen LogP) is 2.69. The van der Waals surface area contributed by atoms with E-state index in [1.54, 1.807) is 0 Å². The van der Waals surface area contributed by atoms with Crippen LogP contribution in [0, 0.1) is 0 Å². The highest BCUT2D eigenvalue weighted by Gasteiger charge is 2.19. The van der Waals surface area contributed by atoms with E-state index >= 15 is 0 Å². The van der Waals surface area contributed by atoms with Crippen LogP contribution in [0.15, 0.2) is 0 Å². The van der Waals surface area contributed by atoms with E-state index in [0.717, 1.165) is 12.1 Å². The summed E-state index contributed by atoms with van der Waals surface area (Å²) >= 11 is 4.23. The molecule has 2 aliphatic rings. The molecular weight excluding hydrogens is 260 g/mol. The lowest BCUT2D eigenvalue weighted by Crippen LogP contribution is -2.36. The van der Waals surface area contributed by atoms with Gasteiger partial charge in [-0.3, -0.25) is 0 Å². The topological polar surface area (TPSA) is 15.3 Å². The fraction of sp³-hybridized carbons (Fsp3) is 1.00. The Balaban J connectivity index is 1.51. The summed E-state index contributed by atoms with van der Waals surface area (Å²) in [5.41, 5.74) is 0. The summed E-state index contributed by atoms with van der Waals surface area (Å²) in [4.78, 5) is 2.59. The largest absolute Gasteiger partial charge is 0.312 e. The normalized spacial score (nSPS) is 23.7. The molecule has 1 N–H and O–H groups in total. The average molecular weight is 289 g/mol. The van der Waals surface area contributed by atoms with Crippen LogP contribution in [0.3, 0.4) is 0 Å². The molecule has 0 amide bonds. The second-order valence-electron chi connectivity index (χ2n) is 5.57. The predicted molar refractivity (Wildman–Crippen MR) is 85.9 cm³/mol. The van der Waals surface area contributed by atoms with Crippen LogP contribution in [0.1, 0.15) is 32.1 Å². The van der Waals surface area contributed by atoms with Crippen molar-refractivity contribution in [1.29, 1.82) is 0 Å². The van der Waals surface area contributed by atoms with Crippen LogP contribution < -0.4 is 5.32 Å². The molecule has 1 heterocycles. The van der Waals surface area contributed by atoms with Gasteiger partial charge in [0, 0.05) is 35.1 Å². The van der Waals surface area contributed by atoms with Crippen molar-refractivity contribution in [3.05, 3.63) is 0 Å². The SMILES string of the molecule is CN(CCCNC1CSCCSC1)C1CCCC1. The fourth-order valence-corrected chi connectivity index (χ4v) is 5.36. The fourth-order valence-electron chi connectivity index (χ4n) is 2.90. The van der Waals surface area contributed by atoms with E-state index in [2.05, 4.69) is 40.8 Å². The summed E-state index contributed by atoms with van der Waals surface area (Å²) in [7, 11) is 2.31. The van der Waals surface area contributed by atoms with E-state index in [1.807, 2.05) is 0 Å². The maximum atomic E-state index is 3.74. The molecule has 0 radical (unpaired) electrons. The maximum absolute atomic E-state index is 3.74. The summed E-state index contributed by atoms with van der Waals surface area (Å²) in [6.45, 7) is 2.47. The van der Waals surface area contributed by atoms with E-state index in [-0.39, 0.29) is 0 Å². The number of rotatable bonds is 6. The highest BCUT2D eigenvalue weighted by Crippen LogP contribution is 2.22. The van der Waals surface area contributed by atoms with E-state index in [4.69, 9.17) is 0 Å². The van der Waals surface area contributed by atoms with Crippen molar-refractivity contribution < 1.29 is 0 Å². The molecule has 0 unspecified atom stereocenters. The molecule has 2 fully saturated rings. The van der Waals surface area contributed by atoms with Crippen LogP contribution in [-0.2, 0) is 0 Å². The summed E-state index contributed by atoms with van der Waals surface area (Å²) in [5.74, 6) is 5.30. The first-order valence-corrected chi connectivity index (χ1v) is 9.76. The smallest absolute Gasteiger partial charge is 0.0248 e. The molecule has 0 aromatic rings. The zero-order chi connectivity index (χ0) is 12.6. The Hall–Kier alpha value is 0.620. The van der Waals surface area contributed by atoms with Crippen LogP contribution >= 0.6 is 23.5 Å². The van der Waals surface area contributed by atoms with Crippen LogP contribution in [0.4, 0.5) is 0 Å². The summed E-state index contributed by atoms with van der Waals surface area (Å²) < 4.78 is 0. The number of hydrogen-bond acceptors (Lipinski definition) is 4. The number of hydrogen-bond donors (Lipinski definition) is 1. The molecule has 18 heavy (non-hydrogen) atoms. The summed E-state index contributed by atoms with van der Waals surface area (Å²) in [5, 5.41) is 3.74. The molecule has 1 aliphatic heterocycles. The molecule has 0 aromatic heterocycles. The van der Waals surface area contributed by atoms with E-state index in [0.29, 0.717) is 0 Å². The van der Waals surface area contributed by atoms with Crippen molar-refractivity contribution >= 4 is 23.5 Å². The average Bonchev–Trinajstić information content (AvgIpc) is 2.80. The molecule has 4 heteroatoms. The second-order valence-corrected chi connectivity index (χ2v) is 7.87. The molecule has 0 aromatic carbocycles. The zero-order valence-corrected chi connectivity index (χ0v) is 13.3. The van der Waals surface area contributed by atoms with Crippen molar-refractivity contribution in [2.75, 3.05) is 43.1 Å². The van der Waals surface area contributed by atoms with Gasteiger partial charge in [0.15, 0.2) is 0 Å². The van der Waals surface area contributed by atoms with Crippen molar-refractivity contribution in [2.24, 2.45) is 0 Å². The lowest BCUT2D eigenvalue weighted by Gasteiger charge is -2.24. The van der Waals surface area contributed by atoms with Gasteiger partial charge in [0.25, 0.3) is 0 Å². The Labute approximate surface area is 121 Å². The summed E-state index contributed by atoms with van der Waals surface area (Å²) in [6, 6.07) is 1.63. The molecule has 2 nitrogen and oxygen atoms in total. The Bertz CT molecular complexity index is 208. The Morgan fingerprint density at radius 1 is 1.11 bits per heavy atom. The molecule has 0 bridgehead atoms. The van der Waals surface area contributed by atoms with Crippen LogP contribution in [0.2, 0.25) is 0 Å². The molecule has 1 saturated heterocycles. The van der Waals surface area contributed by atoms with Crippen LogP contribution in [0.5, 0.6) is 0 Å². The molecule has 106 valence electrons. The molecule has 0 spiro atoms. The molecule has 1 saturated carbocycles. The Kier molecular flexibility index (Phi) is 7.28. The van der Waals surface area contributed by atoms with Gasteiger partial charge in [-0.15, -0.1) is 0 Å². The first-order chi connectivity index (χ1) is 8.86. The first kappa shape index (κ1) is 15.0. The third-order valence-electron chi connectivity index (χ3n) is 4.08. The van der Waals surface area contributed by atoms with E-state index < -0.39 is 0 Å².